The van der Waals surface area contributed by atoms with Crippen LogP contribution in [-0.2, 0) is 19.2 Å². The van der Waals surface area contributed by atoms with Gasteiger partial charge in [-0.15, -0.1) is 4.91 Å². The second kappa shape index (κ2) is 10.2. The molecule has 0 aliphatic carbocycles. The first-order valence-electron chi connectivity index (χ1n) is 10.6. The summed E-state index contributed by atoms with van der Waals surface area (Å²) < 4.78 is 44.8. The normalized spacial score (nSPS) is 11.3. The van der Waals surface area contributed by atoms with E-state index >= 15 is 0 Å². The number of hydrogen-bond donors (Lipinski definition) is 0. The molecule has 0 N–H and O–H groups in total. The van der Waals surface area contributed by atoms with Crippen molar-refractivity contribution in [2.45, 2.75) is 26.1 Å². The third kappa shape index (κ3) is 5.46. The number of benzene rings is 3. The Hall–Kier alpha value is -3.85. The zero-order valence-corrected chi connectivity index (χ0v) is 19.1. The highest BCUT2D eigenvalue weighted by Crippen LogP contribution is 2.37. The molecule has 10 heteroatoms. The fourth-order valence-electron chi connectivity index (χ4n) is 3.50. The monoisotopic (exact) mass is 498 g/mol. The lowest BCUT2D eigenvalue weighted by Crippen LogP contribution is -2.05. The van der Waals surface area contributed by atoms with Crippen LogP contribution in [0.15, 0.2) is 71.9 Å². The predicted octanol–water partition coefficient (Wildman–Crippen LogP) is 7.42. The lowest BCUT2D eigenvalue weighted by atomic mass is 10.1. The molecule has 0 radical (unpaired) electrons. The predicted molar refractivity (Wildman–Crippen MR) is 126 cm³/mol. The van der Waals surface area contributed by atoms with Crippen molar-refractivity contribution >= 4 is 17.5 Å². The molecular formula is C25H18ClF3N4O2. The number of aromatic nitrogens is 3. The number of ether oxygens (including phenoxy) is 1. The molecule has 6 nitrogen and oxygen atoms in total. The van der Waals surface area contributed by atoms with Crippen molar-refractivity contribution in [1.29, 1.82) is 0 Å². The highest BCUT2D eigenvalue weighted by atomic mass is 35.5. The highest BCUT2D eigenvalue weighted by Gasteiger charge is 2.30. The van der Waals surface area contributed by atoms with E-state index in [1.165, 1.54) is 12.1 Å². The largest absolute Gasteiger partial charge is 0.488 e. The van der Waals surface area contributed by atoms with Gasteiger partial charge in [0.1, 0.15) is 12.4 Å². The number of aryl methyl sites for hydroxylation is 1. The molecule has 178 valence electrons. The molecule has 0 saturated carbocycles. The Morgan fingerprint density at radius 1 is 0.886 bits per heavy atom. The van der Waals surface area contributed by atoms with Crippen LogP contribution >= 0.6 is 11.6 Å². The van der Waals surface area contributed by atoms with Crippen molar-refractivity contribution < 1.29 is 17.9 Å². The first-order valence-corrected chi connectivity index (χ1v) is 10.9. The highest BCUT2D eigenvalue weighted by molar-refractivity contribution is 6.33. The number of nitroso groups, excluding NO2 is 1. The van der Waals surface area contributed by atoms with Gasteiger partial charge in [0.05, 0.1) is 16.1 Å². The SMILES string of the molecule is CCc1ccccc1COc1cccc(Cl)c1-c1nc(N=O)nc(-c2ccc(C(F)(F)F)cc2)n1. The molecule has 1 aromatic heterocycles. The molecule has 35 heavy (non-hydrogen) atoms. The van der Waals surface area contributed by atoms with E-state index in [0.29, 0.717) is 11.3 Å². The molecule has 0 aliphatic rings. The average Bonchev–Trinajstić information content (AvgIpc) is 2.86. The number of alkyl halides is 3. The first kappa shape index (κ1) is 24.3. The minimum Gasteiger partial charge on any atom is -0.488 e. The molecule has 0 bridgehead atoms. The van der Waals surface area contributed by atoms with E-state index in [-0.39, 0.29) is 28.8 Å². The summed E-state index contributed by atoms with van der Waals surface area (Å²) in [7, 11) is 0. The summed E-state index contributed by atoms with van der Waals surface area (Å²) in [6.45, 7) is 2.30. The van der Waals surface area contributed by atoms with Crippen molar-refractivity contribution in [2.75, 3.05) is 0 Å². The van der Waals surface area contributed by atoms with Crippen LogP contribution in [-0.4, -0.2) is 15.0 Å². The minimum absolute atomic E-state index is 0.00822. The lowest BCUT2D eigenvalue weighted by molar-refractivity contribution is -0.137. The Balaban J connectivity index is 1.74. The molecule has 4 rings (SSSR count). The molecule has 1 heterocycles. The van der Waals surface area contributed by atoms with Crippen LogP contribution in [0.3, 0.4) is 0 Å². The van der Waals surface area contributed by atoms with Crippen LogP contribution in [0, 0.1) is 4.91 Å². The number of hydrogen-bond acceptors (Lipinski definition) is 6. The number of halogens is 4. The van der Waals surface area contributed by atoms with Gasteiger partial charge in [0, 0.05) is 10.7 Å². The van der Waals surface area contributed by atoms with Gasteiger partial charge in [0.2, 0.25) is 0 Å². The average molecular weight is 499 g/mol. The quantitative estimate of drug-likeness (QED) is 0.248. The third-order valence-corrected chi connectivity index (χ3v) is 5.57. The van der Waals surface area contributed by atoms with Gasteiger partial charge in [0.15, 0.2) is 11.6 Å². The maximum atomic E-state index is 12.9. The van der Waals surface area contributed by atoms with E-state index in [2.05, 4.69) is 20.1 Å². The van der Waals surface area contributed by atoms with Gasteiger partial charge in [-0.2, -0.15) is 23.1 Å². The molecule has 0 unspecified atom stereocenters. The summed E-state index contributed by atoms with van der Waals surface area (Å²) in [5.41, 5.74) is 1.87. The van der Waals surface area contributed by atoms with Crippen LogP contribution < -0.4 is 4.74 Å². The molecule has 0 atom stereocenters. The minimum atomic E-state index is -4.49. The molecule has 0 fully saturated rings. The van der Waals surface area contributed by atoms with E-state index < -0.39 is 17.7 Å². The van der Waals surface area contributed by atoms with Crippen molar-refractivity contribution in [3.8, 4) is 28.5 Å². The van der Waals surface area contributed by atoms with Crippen LogP contribution in [0.5, 0.6) is 5.75 Å². The van der Waals surface area contributed by atoms with Crippen LogP contribution in [0.1, 0.15) is 23.6 Å². The van der Waals surface area contributed by atoms with Gasteiger partial charge in [-0.3, -0.25) is 0 Å². The van der Waals surface area contributed by atoms with Crippen molar-refractivity contribution in [3.05, 3.63) is 93.4 Å². The summed E-state index contributed by atoms with van der Waals surface area (Å²) >= 11 is 6.45. The molecule has 4 aromatic rings. The number of rotatable bonds is 7. The Bertz CT molecular complexity index is 1360. The van der Waals surface area contributed by atoms with E-state index in [9.17, 15) is 18.1 Å². The van der Waals surface area contributed by atoms with Crippen molar-refractivity contribution in [1.82, 2.24) is 15.0 Å². The van der Waals surface area contributed by atoms with Gasteiger partial charge in [-0.25, -0.2) is 4.98 Å². The van der Waals surface area contributed by atoms with Gasteiger partial charge >= 0.3 is 6.18 Å². The van der Waals surface area contributed by atoms with Gasteiger partial charge < -0.3 is 4.74 Å². The zero-order valence-electron chi connectivity index (χ0n) is 18.4. The Labute approximate surface area is 203 Å². The van der Waals surface area contributed by atoms with Crippen molar-refractivity contribution in [2.24, 2.45) is 5.18 Å². The standard InChI is InChI=1S/C25H18ClF3N4O2/c1-2-15-6-3-4-7-17(15)14-35-20-9-5-8-19(26)21(20)23-30-22(31-24(32-23)33-34)16-10-12-18(13-11-16)25(27,28)29/h3-13H,2,14H2,1H3. The molecular weight excluding hydrogens is 481 g/mol. The van der Waals surface area contributed by atoms with Gasteiger partial charge in [-0.05, 0) is 41.8 Å². The van der Waals surface area contributed by atoms with Crippen LogP contribution in [0.2, 0.25) is 5.02 Å². The zero-order chi connectivity index (χ0) is 25.0. The summed E-state index contributed by atoms with van der Waals surface area (Å²) in [4.78, 5) is 23.7. The molecule has 0 spiro atoms. The van der Waals surface area contributed by atoms with E-state index in [0.717, 1.165) is 29.7 Å². The molecule has 0 amide bonds. The Morgan fingerprint density at radius 3 is 2.23 bits per heavy atom. The maximum Gasteiger partial charge on any atom is 0.416 e. The van der Waals surface area contributed by atoms with Gasteiger partial charge in [0.25, 0.3) is 5.95 Å². The van der Waals surface area contributed by atoms with E-state index in [1.807, 2.05) is 31.2 Å². The third-order valence-electron chi connectivity index (χ3n) is 5.26. The Morgan fingerprint density at radius 2 is 1.57 bits per heavy atom. The first-order chi connectivity index (χ1) is 16.8. The second-order valence-corrected chi connectivity index (χ2v) is 7.88. The summed E-state index contributed by atoms with van der Waals surface area (Å²) in [5, 5.41) is 3.06. The lowest BCUT2D eigenvalue weighted by Gasteiger charge is -2.14. The van der Waals surface area contributed by atoms with Crippen LogP contribution in [0.25, 0.3) is 22.8 Å². The second-order valence-electron chi connectivity index (χ2n) is 7.47. The summed E-state index contributed by atoms with van der Waals surface area (Å²) in [6, 6.07) is 17.1. The fourth-order valence-corrected chi connectivity index (χ4v) is 3.75. The smallest absolute Gasteiger partial charge is 0.416 e. The topological polar surface area (TPSA) is 77.3 Å². The van der Waals surface area contributed by atoms with Crippen molar-refractivity contribution in [3.63, 3.8) is 0 Å². The molecule has 0 aliphatic heterocycles. The summed E-state index contributed by atoms with van der Waals surface area (Å²) in [6.07, 6.45) is -3.65. The van der Waals surface area contributed by atoms with Crippen LogP contribution in [0.4, 0.5) is 19.1 Å². The Kier molecular flexibility index (Phi) is 7.07. The number of nitrogens with zero attached hydrogens (tertiary/aromatic N) is 4. The molecule has 0 saturated heterocycles. The van der Waals surface area contributed by atoms with Gasteiger partial charge in [-0.1, -0.05) is 61.0 Å². The van der Waals surface area contributed by atoms with E-state index in [1.54, 1.807) is 18.2 Å². The van der Waals surface area contributed by atoms with E-state index in [4.69, 9.17) is 16.3 Å². The fraction of sp³-hybridized carbons (Fsp3) is 0.160. The maximum absolute atomic E-state index is 12.9. The molecule has 3 aromatic carbocycles. The summed E-state index contributed by atoms with van der Waals surface area (Å²) in [5.74, 6) is -0.0914.